The first-order valence-corrected chi connectivity index (χ1v) is 6.39. The van der Waals surface area contributed by atoms with Crippen molar-refractivity contribution in [3.63, 3.8) is 0 Å². The summed E-state index contributed by atoms with van der Waals surface area (Å²) in [6, 6.07) is -0.121. The van der Waals surface area contributed by atoms with Crippen LogP contribution in [0.5, 0.6) is 0 Å². The monoisotopic (exact) mass is 241 g/mol. The summed E-state index contributed by atoms with van der Waals surface area (Å²) in [7, 11) is 0. The molecule has 1 saturated heterocycles. The van der Waals surface area contributed by atoms with E-state index >= 15 is 0 Å². The van der Waals surface area contributed by atoms with E-state index in [1.807, 2.05) is 13.8 Å². The Morgan fingerprint density at radius 1 is 1.12 bits per heavy atom. The van der Waals surface area contributed by atoms with Gasteiger partial charge in [0.25, 0.3) is 0 Å². The fraction of sp³-hybridized carbons (Fsp3) is 0.833. The van der Waals surface area contributed by atoms with Crippen LogP contribution in [0.3, 0.4) is 0 Å². The van der Waals surface area contributed by atoms with Gasteiger partial charge in [-0.3, -0.25) is 4.79 Å². The van der Waals surface area contributed by atoms with Gasteiger partial charge < -0.3 is 15.5 Å². The molecule has 0 saturated carbocycles. The van der Waals surface area contributed by atoms with Crippen molar-refractivity contribution in [1.82, 2.24) is 15.5 Å². The molecule has 0 spiro atoms. The van der Waals surface area contributed by atoms with Gasteiger partial charge >= 0.3 is 6.03 Å². The maximum absolute atomic E-state index is 11.7. The number of hydrogen-bond donors (Lipinski definition) is 2. The Bertz CT molecular complexity index is 260. The summed E-state index contributed by atoms with van der Waals surface area (Å²) >= 11 is 0. The number of carbonyl (C=O) groups is 2. The molecule has 1 fully saturated rings. The Labute approximate surface area is 103 Å². The molecule has 0 aliphatic carbocycles. The third kappa shape index (κ3) is 5.56. The second-order valence-electron chi connectivity index (χ2n) is 4.90. The summed E-state index contributed by atoms with van der Waals surface area (Å²) < 4.78 is 0. The lowest BCUT2D eigenvalue weighted by molar-refractivity contribution is -0.120. The number of amides is 3. The van der Waals surface area contributed by atoms with Crippen LogP contribution in [0.4, 0.5) is 4.79 Å². The molecule has 0 radical (unpaired) electrons. The highest BCUT2D eigenvalue weighted by Crippen LogP contribution is 2.07. The summed E-state index contributed by atoms with van der Waals surface area (Å²) in [4.78, 5) is 24.8. The highest BCUT2D eigenvalue weighted by molar-refractivity contribution is 5.83. The molecule has 17 heavy (non-hydrogen) atoms. The highest BCUT2D eigenvalue weighted by Gasteiger charge is 2.16. The first-order valence-electron chi connectivity index (χ1n) is 6.39. The fourth-order valence-corrected chi connectivity index (χ4v) is 1.75. The topological polar surface area (TPSA) is 61.4 Å². The molecule has 5 heteroatoms. The predicted molar refractivity (Wildman–Crippen MR) is 66.7 cm³/mol. The molecule has 1 rings (SSSR count). The molecule has 2 N–H and O–H groups in total. The maximum Gasteiger partial charge on any atom is 0.317 e. The molecule has 0 aromatic carbocycles. The zero-order valence-electron chi connectivity index (χ0n) is 10.8. The lowest BCUT2D eigenvalue weighted by Crippen LogP contribution is -2.46. The molecule has 1 aliphatic heterocycles. The minimum atomic E-state index is -0.121. The van der Waals surface area contributed by atoms with E-state index < -0.39 is 0 Å². The lowest BCUT2D eigenvalue weighted by Gasteiger charge is -2.26. The molecule has 3 amide bonds. The van der Waals surface area contributed by atoms with Gasteiger partial charge in [0.2, 0.25) is 5.91 Å². The van der Waals surface area contributed by atoms with Crippen molar-refractivity contribution in [2.75, 3.05) is 26.2 Å². The van der Waals surface area contributed by atoms with Gasteiger partial charge in [-0.2, -0.15) is 0 Å². The molecular formula is C12H23N3O2. The molecule has 0 unspecified atom stereocenters. The van der Waals surface area contributed by atoms with Crippen LogP contribution in [0.2, 0.25) is 0 Å². The largest absolute Gasteiger partial charge is 0.354 e. The zero-order chi connectivity index (χ0) is 12.7. The van der Waals surface area contributed by atoms with Crippen LogP contribution in [0.15, 0.2) is 0 Å². The van der Waals surface area contributed by atoms with Crippen molar-refractivity contribution in [1.29, 1.82) is 0 Å². The van der Waals surface area contributed by atoms with Crippen molar-refractivity contribution in [2.24, 2.45) is 5.92 Å². The van der Waals surface area contributed by atoms with Gasteiger partial charge in [-0.05, 0) is 25.2 Å². The fourth-order valence-electron chi connectivity index (χ4n) is 1.75. The van der Waals surface area contributed by atoms with Gasteiger partial charge in [-0.15, -0.1) is 0 Å². The summed E-state index contributed by atoms with van der Waals surface area (Å²) in [5.41, 5.74) is 0. The highest BCUT2D eigenvalue weighted by atomic mass is 16.2. The Hall–Kier alpha value is -1.26. The molecule has 0 aromatic rings. The van der Waals surface area contributed by atoms with Crippen molar-refractivity contribution in [3.8, 4) is 0 Å². The van der Waals surface area contributed by atoms with Crippen LogP contribution in [-0.2, 0) is 4.79 Å². The van der Waals surface area contributed by atoms with Crippen LogP contribution >= 0.6 is 0 Å². The number of piperidine rings is 1. The summed E-state index contributed by atoms with van der Waals surface area (Å²) in [5, 5.41) is 5.42. The second kappa shape index (κ2) is 7.14. The number of nitrogens with one attached hydrogen (secondary N) is 2. The zero-order valence-corrected chi connectivity index (χ0v) is 10.8. The first-order chi connectivity index (χ1) is 8.09. The first kappa shape index (κ1) is 13.8. The van der Waals surface area contributed by atoms with E-state index in [0.29, 0.717) is 12.5 Å². The van der Waals surface area contributed by atoms with E-state index in [1.165, 1.54) is 6.42 Å². The van der Waals surface area contributed by atoms with Gasteiger partial charge in [-0.1, -0.05) is 13.8 Å². The smallest absolute Gasteiger partial charge is 0.317 e. The standard InChI is InChI=1S/C12H23N3O2/c1-10(2)8-13-11(16)9-14-12(17)15-6-4-3-5-7-15/h10H,3-9H2,1-2H3,(H,13,16)(H,14,17). The van der Waals surface area contributed by atoms with E-state index in [2.05, 4.69) is 10.6 Å². The minimum absolute atomic E-state index is 0.0715. The summed E-state index contributed by atoms with van der Waals surface area (Å²) in [5.74, 6) is 0.306. The molecule has 1 heterocycles. The van der Waals surface area contributed by atoms with Crippen molar-refractivity contribution < 1.29 is 9.59 Å². The average molecular weight is 241 g/mol. The number of urea groups is 1. The molecule has 5 nitrogen and oxygen atoms in total. The van der Waals surface area contributed by atoms with Crippen LogP contribution < -0.4 is 10.6 Å². The summed E-state index contributed by atoms with van der Waals surface area (Å²) in [6.45, 7) is 6.40. The number of hydrogen-bond acceptors (Lipinski definition) is 2. The van der Waals surface area contributed by atoms with Crippen molar-refractivity contribution in [3.05, 3.63) is 0 Å². The number of likely N-dealkylation sites (tertiary alicyclic amines) is 1. The van der Waals surface area contributed by atoms with Gasteiger partial charge in [0.15, 0.2) is 0 Å². The van der Waals surface area contributed by atoms with Gasteiger partial charge in [0.1, 0.15) is 0 Å². The third-order valence-corrected chi connectivity index (χ3v) is 2.75. The van der Waals surface area contributed by atoms with E-state index in [-0.39, 0.29) is 18.5 Å². The number of carbonyl (C=O) groups excluding carboxylic acids is 2. The Balaban J connectivity index is 2.16. The molecule has 0 atom stereocenters. The average Bonchev–Trinajstić information content (AvgIpc) is 2.34. The molecule has 0 bridgehead atoms. The number of rotatable bonds is 4. The molecule has 0 aromatic heterocycles. The van der Waals surface area contributed by atoms with Crippen molar-refractivity contribution in [2.45, 2.75) is 33.1 Å². The Morgan fingerprint density at radius 3 is 2.35 bits per heavy atom. The minimum Gasteiger partial charge on any atom is -0.354 e. The summed E-state index contributed by atoms with van der Waals surface area (Å²) in [6.07, 6.45) is 3.32. The Morgan fingerprint density at radius 2 is 1.76 bits per heavy atom. The number of nitrogens with zero attached hydrogens (tertiary/aromatic N) is 1. The van der Waals surface area contributed by atoms with Crippen LogP contribution in [0.1, 0.15) is 33.1 Å². The quantitative estimate of drug-likeness (QED) is 0.770. The van der Waals surface area contributed by atoms with Crippen molar-refractivity contribution >= 4 is 11.9 Å². The second-order valence-corrected chi connectivity index (χ2v) is 4.90. The van der Waals surface area contributed by atoms with Crippen LogP contribution in [-0.4, -0.2) is 43.0 Å². The predicted octanol–water partition coefficient (Wildman–Crippen LogP) is 0.954. The molecule has 98 valence electrons. The van der Waals surface area contributed by atoms with E-state index in [1.54, 1.807) is 4.90 Å². The van der Waals surface area contributed by atoms with Crippen LogP contribution in [0, 0.1) is 5.92 Å². The van der Waals surface area contributed by atoms with Gasteiger partial charge in [-0.25, -0.2) is 4.79 Å². The van der Waals surface area contributed by atoms with Gasteiger partial charge in [0.05, 0.1) is 6.54 Å². The SMILES string of the molecule is CC(C)CNC(=O)CNC(=O)N1CCCCC1. The van der Waals surface area contributed by atoms with E-state index in [4.69, 9.17) is 0 Å². The van der Waals surface area contributed by atoms with Gasteiger partial charge in [0, 0.05) is 19.6 Å². The van der Waals surface area contributed by atoms with E-state index in [0.717, 1.165) is 25.9 Å². The van der Waals surface area contributed by atoms with E-state index in [9.17, 15) is 9.59 Å². The maximum atomic E-state index is 11.7. The van der Waals surface area contributed by atoms with Crippen LogP contribution in [0.25, 0.3) is 0 Å². The lowest BCUT2D eigenvalue weighted by atomic mass is 10.1. The molecule has 1 aliphatic rings. The molecular weight excluding hydrogens is 218 g/mol. The normalized spacial score (nSPS) is 15.8. The Kier molecular flexibility index (Phi) is 5.80. The third-order valence-electron chi connectivity index (χ3n) is 2.75.